The number of hydrogen-bond acceptors (Lipinski definition) is 9. The standard InChI is InChI=1S/C26H36N4O7/c1-6-18(31)13-8-7-9-15-21(28-25(34)36-26(2,3)4)24(33)37-30-29-22(32)19-16-17-12-10-11-14-20(17)27-23(19)35-5/h10-12,14,16,21,30H,6-9,13,15H2,1-5H3,(H,28,34)(H,29,32)/t21-/m0/s1. The molecule has 1 atom stereocenters. The van der Waals surface area contributed by atoms with Gasteiger partial charge in [-0.1, -0.05) is 43.6 Å². The van der Waals surface area contributed by atoms with Crippen molar-refractivity contribution in [2.75, 3.05) is 7.11 Å². The number of amides is 2. The van der Waals surface area contributed by atoms with Crippen LogP contribution in [0.1, 0.15) is 76.6 Å². The lowest BCUT2D eigenvalue weighted by atomic mass is 10.1. The predicted molar refractivity (Wildman–Crippen MR) is 137 cm³/mol. The van der Waals surface area contributed by atoms with E-state index in [0.717, 1.165) is 5.39 Å². The third-order valence-electron chi connectivity index (χ3n) is 5.26. The molecule has 1 heterocycles. The van der Waals surface area contributed by atoms with Gasteiger partial charge in [0.25, 0.3) is 5.91 Å². The number of nitrogens with zero attached hydrogens (tertiary/aromatic N) is 1. The van der Waals surface area contributed by atoms with Crippen LogP contribution < -0.4 is 21.1 Å². The third-order valence-corrected chi connectivity index (χ3v) is 5.26. The number of hydrazine groups is 1. The minimum Gasteiger partial charge on any atom is -0.480 e. The summed E-state index contributed by atoms with van der Waals surface area (Å²) in [6.45, 7) is 6.93. The molecule has 1 aromatic heterocycles. The third kappa shape index (κ3) is 10.0. The first-order valence-electron chi connectivity index (χ1n) is 12.2. The molecule has 0 fully saturated rings. The smallest absolute Gasteiger partial charge is 0.408 e. The average molecular weight is 517 g/mol. The maximum atomic E-state index is 12.7. The van der Waals surface area contributed by atoms with Gasteiger partial charge in [-0.15, -0.1) is 0 Å². The predicted octanol–water partition coefficient (Wildman–Crippen LogP) is 3.76. The summed E-state index contributed by atoms with van der Waals surface area (Å²) in [5.74, 6) is -1.17. The number of unbranched alkanes of at least 4 members (excludes halogenated alkanes) is 2. The minimum atomic E-state index is -1.03. The highest BCUT2D eigenvalue weighted by Crippen LogP contribution is 2.21. The van der Waals surface area contributed by atoms with Crippen LogP contribution in [0.15, 0.2) is 30.3 Å². The molecule has 11 nitrogen and oxygen atoms in total. The summed E-state index contributed by atoms with van der Waals surface area (Å²) < 4.78 is 10.5. The molecular weight excluding hydrogens is 480 g/mol. The molecule has 0 aliphatic heterocycles. The van der Waals surface area contributed by atoms with Crippen LogP contribution in [0.2, 0.25) is 0 Å². The van der Waals surface area contributed by atoms with Crippen LogP contribution in [0, 0.1) is 0 Å². The Kier molecular flexibility index (Phi) is 11.3. The van der Waals surface area contributed by atoms with E-state index in [9.17, 15) is 19.2 Å². The molecule has 0 unspecified atom stereocenters. The lowest BCUT2D eigenvalue weighted by molar-refractivity contribution is -0.155. The molecule has 0 spiro atoms. The van der Waals surface area contributed by atoms with Gasteiger partial charge in [0.2, 0.25) is 5.88 Å². The first-order chi connectivity index (χ1) is 17.5. The molecule has 2 amide bonds. The fraction of sp³-hybridized carbons (Fsp3) is 0.500. The van der Waals surface area contributed by atoms with Gasteiger partial charge in [-0.3, -0.25) is 15.0 Å². The molecule has 0 bridgehead atoms. The Bertz CT molecular complexity index is 1100. The average Bonchev–Trinajstić information content (AvgIpc) is 2.85. The van der Waals surface area contributed by atoms with Crippen LogP contribution in [0.5, 0.6) is 5.88 Å². The van der Waals surface area contributed by atoms with E-state index in [2.05, 4.69) is 21.3 Å². The Labute approximate surface area is 216 Å². The number of nitrogens with one attached hydrogen (secondary N) is 3. The number of methoxy groups -OCH3 is 1. The normalized spacial score (nSPS) is 11.9. The molecule has 2 rings (SSSR count). The van der Waals surface area contributed by atoms with Crippen molar-refractivity contribution in [1.29, 1.82) is 0 Å². The number of hydrogen-bond donors (Lipinski definition) is 3. The van der Waals surface area contributed by atoms with E-state index in [4.69, 9.17) is 14.3 Å². The molecule has 11 heteroatoms. The molecule has 37 heavy (non-hydrogen) atoms. The van der Waals surface area contributed by atoms with Gasteiger partial charge in [0, 0.05) is 18.2 Å². The van der Waals surface area contributed by atoms with E-state index in [1.54, 1.807) is 39.0 Å². The van der Waals surface area contributed by atoms with Crippen molar-refractivity contribution in [2.45, 2.75) is 77.9 Å². The quantitative estimate of drug-likeness (QED) is 0.268. The summed E-state index contributed by atoms with van der Waals surface area (Å²) in [4.78, 5) is 58.4. The second kappa shape index (κ2) is 14.1. The Balaban J connectivity index is 1.97. The summed E-state index contributed by atoms with van der Waals surface area (Å²) in [6, 6.07) is 7.81. The molecular formula is C26H36N4O7. The van der Waals surface area contributed by atoms with Crippen molar-refractivity contribution >= 4 is 34.7 Å². The minimum absolute atomic E-state index is 0.107. The second-order valence-electron chi connectivity index (χ2n) is 9.41. The summed E-state index contributed by atoms with van der Waals surface area (Å²) >= 11 is 0. The van der Waals surface area contributed by atoms with Crippen LogP contribution >= 0.6 is 0 Å². The van der Waals surface area contributed by atoms with Crippen LogP contribution in [0.3, 0.4) is 0 Å². The summed E-state index contributed by atoms with van der Waals surface area (Å²) in [7, 11) is 1.40. The van der Waals surface area contributed by atoms with E-state index >= 15 is 0 Å². The van der Waals surface area contributed by atoms with E-state index in [1.807, 2.05) is 19.1 Å². The highest BCUT2D eigenvalue weighted by atomic mass is 16.7. The van der Waals surface area contributed by atoms with Crippen molar-refractivity contribution in [3.63, 3.8) is 0 Å². The van der Waals surface area contributed by atoms with Crippen LogP contribution in [0.25, 0.3) is 10.9 Å². The number of para-hydroxylation sites is 1. The van der Waals surface area contributed by atoms with Gasteiger partial charge in [0.15, 0.2) is 0 Å². The SMILES string of the molecule is CCC(=O)CCCCC[C@H](NC(=O)OC(C)(C)C)C(=O)ONNC(=O)c1cc2ccccc2nc1OC. The fourth-order valence-electron chi connectivity index (χ4n) is 3.40. The number of ether oxygens (including phenoxy) is 2. The topological polar surface area (TPSA) is 145 Å². The molecule has 202 valence electrons. The fourth-order valence-corrected chi connectivity index (χ4v) is 3.40. The van der Waals surface area contributed by atoms with E-state index in [0.29, 0.717) is 37.6 Å². The first-order valence-corrected chi connectivity index (χ1v) is 12.2. The van der Waals surface area contributed by atoms with Gasteiger partial charge in [-0.05, 0) is 45.7 Å². The summed E-state index contributed by atoms with van der Waals surface area (Å²) in [5, 5.41) is 3.24. The zero-order valence-electron chi connectivity index (χ0n) is 22.0. The van der Waals surface area contributed by atoms with Gasteiger partial charge in [-0.25, -0.2) is 14.6 Å². The molecule has 0 radical (unpaired) electrons. The van der Waals surface area contributed by atoms with Gasteiger partial charge in [-0.2, -0.15) is 0 Å². The van der Waals surface area contributed by atoms with Crippen LogP contribution in [0.4, 0.5) is 4.79 Å². The lowest BCUT2D eigenvalue weighted by Crippen LogP contribution is -2.48. The second-order valence-corrected chi connectivity index (χ2v) is 9.41. The van der Waals surface area contributed by atoms with Crippen molar-refractivity contribution in [2.24, 2.45) is 0 Å². The Morgan fingerprint density at radius 3 is 2.46 bits per heavy atom. The largest absolute Gasteiger partial charge is 0.480 e. The number of carbonyl (C=O) groups is 4. The van der Waals surface area contributed by atoms with Crippen LogP contribution in [-0.2, 0) is 19.2 Å². The Morgan fingerprint density at radius 2 is 1.78 bits per heavy atom. The zero-order valence-corrected chi connectivity index (χ0v) is 22.0. The lowest BCUT2D eigenvalue weighted by Gasteiger charge is -2.23. The van der Waals surface area contributed by atoms with E-state index < -0.39 is 29.6 Å². The monoisotopic (exact) mass is 516 g/mol. The molecule has 2 aromatic rings. The van der Waals surface area contributed by atoms with Gasteiger partial charge >= 0.3 is 12.1 Å². The Hall–Kier alpha value is -3.73. The highest BCUT2D eigenvalue weighted by molar-refractivity contribution is 5.99. The van der Waals surface area contributed by atoms with E-state index in [1.165, 1.54) is 7.11 Å². The summed E-state index contributed by atoms with van der Waals surface area (Å²) in [6.07, 6.45) is 2.42. The van der Waals surface area contributed by atoms with Crippen molar-refractivity contribution in [3.8, 4) is 5.88 Å². The first kappa shape index (κ1) is 29.5. The zero-order chi connectivity index (χ0) is 27.4. The molecule has 0 aliphatic rings. The molecule has 0 saturated carbocycles. The van der Waals surface area contributed by atoms with Crippen molar-refractivity contribution in [3.05, 3.63) is 35.9 Å². The van der Waals surface area contributed by atoms with Gasteiger partial charge < -0.3 is 19.6 Å². The van der Waals surface area contributed by atoms with Crippen molar-refractivity contribution < 1.29 is 33.5 Å². The number of ketones is 1. The molecule has 3 N–H and O–H groups in total. The maximum absolute atomic E-state index is 12.7. The van der Waals surface area contributed by atoms with Gasteiger partial charge in [0.1, 0.15) is 23.0 Å². The van der Waals surface area contributed by atoms with Gasteiger partial charge in [0.05, 0.1) is 12.6 Å². The molecule has 0 aliphatic carbocycles. The van der Waals surface area contributed by atoms with Crippen LogP contribution in [-0.4, -0.2) is 47.5 Å². The van der Waals surface area contributed by atoms with E-state index in [-0.39, 0.29) is 23.6 Å². The maximum Gasteiger partial charge on any atom is 0.408 e. The number of aromatic nitrogens is 1. The number of alkyl carbamates (subject to hydrolysis) is 1. The number of rotatable bonds is 13. The number of fused-ring (bicyclic) bond motifs is 1. The number of benzene rings is 1. The number of Topliss-reactive ketones (excluding diaryl/α,β-unsaturated/α-hetero) is 1. The summed E-state index contributed by atoms with van der Waals surface area (Å²) in [5.41, 5.74) is 4.46. The molecule has 0 saturated heterocycles. The number of carbonyl (C=O) groups excluding carboxylic acids is 4. The molecule has 1 aromatic carbocycles. The van der Waals surface area contributed by atoms with Crippen molar-refractivity contribution in [1.82, 2.24) is 21.3 Å². The number of pyridine rings is 1. The highest BCUT2D eigenvalue weighted by Gasteiger charge is 2.26. The Morgan fingerprint density at radius 1 is 1.05 bits per heavy atom.